The second kappa shape index (κ2) is 5.97. The Morgan fingerprint density at radius 1 is 1.20 bits per heavy atom. The molecule has 104 valence electrons. The Hall–Kier alpha value is -2.00. The molecule has 2 aromatic carbocycles. The predicted octanol–water partition coefficient (Wildman–Crippen LogP) is 3.50. The van der Waals surface area contributed by atoms with Crippen LogP contribution in [-0.4, -0.2) is 17.9 Å². The van der Waals surface area contributed by atoms with E-state index in [1.165, 1.54) is 0 Å². The molecule has 0 saturated heterocycles. The highest BCUT2D eigenvalue weighted by Gasteiger charge is 2.12. The molecule has 2 aromatic rings. The Morgan fingerprint density at radius 3 is 2.45 bits per heavy atom. The number of nitrogen functional groups attached to an aromatic ring is 1. The summed E-state index contributed by atoms with van der Waals surface area (Å²) >= 11 is 5.85. The quantitative estimate of drug-likeness (QED) is 0.879. The number of aryl methyl sites for hydroxylation is 1. The van der Waals surface area contributed by atoms with E-state index in [2.05, 4.69) is 0 Å². The number of benzene rings is 2. The standard InChI is InChI=1S/C16H17ClN2O/c1-11-7-13(9-15(18)8-11)16(20)19(2)10-12-3-5-14(17)6-4-12/h3-9H,10,18H2,1-2H3. The highest BCUT2D eigenvalue weighted by Crippen LogP contribution is 2.15. The van der Waals surface area contributed by atoms with Gasteiger partial charge in [-0.05, 0) is 48.4 Å². The minimum atomic E-state index is -0.0460. The summed E-state index contributed by atoms with van der Waals surface area (Å²) in [5, 5.41) is 0.689. The number of anilines is 1. The van der Waals surface area contributed by atoms with Crippen molar-refractivity contribution in [3.05, 3.63) is 64.2 Å². The number of nitrogens with two attached hydrogens (primary N) is 1. The summed E-state index contributed by atoms with van der Waals surface area (Å²) < 4.78 is 0. The van der Waals surface area contributed by atoms with E-state index in [4.69, 9.17) is 17.3 Å². The molecular weight excluding hydrogens is 272 g/mol. The van der Waals surface area contributed by atoms with Gasteiger partial charge >= 0.3 is 0 Å². The molecule has 0 unspecified atom stereocenters. The molecule has 0 aromatic heterocycles. The van der Waals surface area contributed by atoms with Crippen molar-refractivity contribution in [1.29, 1.82) is 0 Å². The second-order valence-corrected chi connectivity index (χ2v) is 5.36. The molecule has 0 fully saturated rings. The minimum Gasteiger partial charge on any atom is -0.399 e. The van der Waals surface area contributed by atoms with E-state index in [1.807, 2.05) is 43.3 Å². The number of hydrogen-bond donors (Lipinski definition) is 1. The predicted molar refractivity (Wildman–Crippen MR) is 82.8 cm³/mol. The molecule has 0 heterocycles. The normalized spacial score (nSPS) is 10.3. The lowest BCUT2D eigenvalue weighted by molar-refractivity contribution is 0.0785. The molecule has 3 nitrogen and oxygen atoms in total. The average molecular weight is 289 g/mol. The fourth-order valence-corrected chi connectivity index (χ4v) is 2.22. The summed E-state index contributed by atoms with van der Waals surface area (Å²) in [7, 11) is 1.77. The molecule has 0 spiro atoms. The molecule has 2 rings (SSSR count). The van der Waals surface area contributed by atoms with Gasteiger partial charge in [-0.2, -0.15) is 0 Å². The molecule has 0 radical (unpaired) electrons. The topological polar surface area (TPSA) is 46.3 Å². The molecule has 0 aliphatic carbocycles. The lowest BCUT2D eigenvalue weighted by atomic mass is 10.1. The molecule has 0 bridgehead atoms. The molecule has 20 heavy (non-hydrogen) atoms. The largest absolute Gasteiger partial charge is 0.399 e. The zero-order valence-corrected chi connectivity index (χ0v) is 12.3. The Balaban J connectivity index is 2.14. The highest BCUT2D eigenvalue weighted by atomic mass is 35.5. The van der Waals surface area contributed by atoms with Gasteiger partial charge in [-0.15, -0.1) is 0 Å². The van der Waals surface area contributed by atoms with Crippen LogP contribution in [0.5, 0.6) is 0 Å². The summed E-state index contributed by atoms with van der Waals surface area (Å²) in [5.41, 5.74) is 9.01. The maximum Gasteiger partial charge on any atom is 0.253 e. The Morgan fingerprint density at radius 2 is 1.85 bits per heavy atom. The van der Waals surface area contributed by atoms with E-state index < -0.39 is 0 Å². The number of nitrogens with zero attached hydrogens (tertiary/aromatic N) is 1. The summed E-state index contributed by atoms with van der Waals surface area (Å²) in [6, 6.07) is 12.9. The lowest BCUT2D eigenvalue weighted by Gasteiger charge is -2.18. The fourth-order valence-electron chi connectivity index (χ4n) is 2.09. The van der Waals surface area contributed by atoms with Crippen molar-refractivity contribution in [1.82, 2.24) is 4.90 Å². The zero-order chi connectivity index (χ0) is 14.7. The van der Waals surface area contributed by atoms with E-state index in [-0.39, 0.29) is 5.91 Å². The van der Waals surface area contributed by atoms with Crippen LogP contribution in [0, 0.1) is 6.92 Å². The van der Waals surface area contributed by atoms with Gasteiger partial charge in [0, 0.05) is 29.9 Å². The summed E-state index contributed by atoms with van der Waals surface area (Å²) in [6.07, 6.45) is 0. The molecule has 0 aliphatic rings. The second-order valence-electron chi connectivity index (χ2n) is 4.92. The number of carbonyl (C=O) groups is 1. The van der Waals surface area contributed by atoms with Gasteiger partial charge in [0.2, 0.25) is 0 Å². The van der Waals surface area contributed by atoms with Crippen LogP contribution in [0.1, 0.15) is 21.5 Å². The van der Waals surface area contributed by atoms with E-state index >= 15 is 0 Å². The minimum absolute atomic E-state index is 0.0460. The van der Waals surface area contributed by atoms with Gasteiger partial charge in [0.1, 0.15) is 0 Å². The summed E-state index contributed by atoms with van der Waals surface area (Å²) in [4.78, 5) is 14.0. The molecule has 2 N–H and O–H groups in total. The third-order valence-corrected chi connectivity index (χ3v) is 3.28. The lowest BCUT2D eigenvalue weighted by Crippen LogP contribution is -2.26. The molecular formula is C16H17ClN2O. The van der Waals surface area contributed by atoms with Crippen molar-refractivity contribution in [2.24, 2.45) is 0 Å². The molecule has 0 aliphatic heterocycles. The number of carbonyl (C=O) groups excluding carboxylic acids is 1. The van der Waals surface area contributed by atoms with Gasteiger partial charge in [0.15, 0.2) is 0 Å². The van der Waals surface area contributed by atoms with Crippen LogP contribution >= 0.6 is 11.6 Å². The monoisotopic (exact) mass is 288 g/mol. The van der Waals surface area contributed by atoms with E-state index in [0.717, 1.165) is 11.1 Å². The van der Waals surface area contributed by atoms with Crippen LogP contribution in [0.3, 0.4) is 0 Å². The number of hydrogen-bond acceptors (Lipinski definition) is 2. The van der Waals surface area contributed by atoms with Crippen molar-refractivity contribution in [3.63, 3.8) is 0 Å². The SMILES string of the molecule is Cc1cc(N)cc(C(=O)N(C)Cc2ccc(Cl)cc2)c1. The van der Waals surface area contributed by atoms with Gasteiger partial charge in [0.25, 0.3) is 5.91 Å². The van der Waals surface area contributed by atoms with Gasteiger partial charge < -0.3 is 10.6 Å². The first-order chi connectivity index (χ1) is 9.45. The van der Waals surface area contributed by atoms with Crippen LogP contribution in [-0.2, 0) is 6.54 Å². The van der Waals surface area contributed by atoms with Gasteiger partial charge in [0.05, 0.1) is 0 Å². The molecule has 4 heteroatoms. The van der Waals surface area contributed by atoms with Gasteiger partial charge in [-0.3, -0.25) is 4.79 Å². The maximum absolute atomic E-state index is 12.4. The third-order valence-electron chi connectivity index (χ3n) is 3.03. The van der Waals surface area contributed by atoms with Crippen LogP contribution in [0.4, 0.5) is 5.69 Å². The van der Waals surface area contributed by atoms with E-state index in [9.17, 15) is 4.79 Å². The third kappa shape index (κ3) is 3.52. The van der Waals surface area contributed by atoms with Crippen molar-refractivity contribution < 1.29 is 4.79 Å². The van der Waals surface area contributed by atoms with E-state index in [0.29, 0.717) is 22.8 Å². The van der Waals surface area contributed by atoms with Crippen LogP contribution < -0.4 is 5.73 Å². The Labute approximate surface area is 124 Å². The first kappa shape index (κ1) is 14.4. The fraction of sp³-hybridized carbons (Fsp3) is 0.188. The van der Waals surface area contributed by atoms with Crippen LogP contribution in [0.25, 0.3) is 0 Å². The van der Waals surface area contributed by atoms with Crippen molar-refractivity contribution in [2.75, 3.05) is 12.8 Å². The first-order valence-electron chi connectivity index (χ1n) is 6.33. The summed E-state index contributed by atoms with van der Waals surface area (Å²) in [5.74, 6) is -0.0460. The smallest absolute Gasteiger partial charge is 0.253 e. The molecule has 0 saturated carbocycles. The number of halogens is 1. The molecule has 1 amide bonds. The average Bonchev–Trinajstić information content (AvgIpc) is 2.39. The first-order valence-corrected chi connectivity index (χ1v) is 6.70. The van der Waals surface area contributed by atoms with Gasteiger partial charge in [-0.1, -0.05) is 23.7 Å². The van der Waals surface area contributed by atoms with Crippen LogP contribution in [0.15, 0.2) is 42.5 Å². The van der Waals surface area contributed by atoms with Crippen molar-refractivity contribution in [2.45, 2.75) is 13.5 Å². The Bertz CT molecular complexity index is 603. The highest BCUT2D eigenvalue weighted by molar-refractivity contribution is 6.30. The van der Waals surface area contributed by atoms with Crippen molar-refractivity contribution >= 4 is 23.2 Å². The van der Waals surface area contributed by atoms with Crippen molar-refractivity contribution in [3.8, 4) is 0 Å². The molecule has 0 atom stereocenters. The van der Waals surface area contributed by atoms with E-state index in [1.54, 1.807) is 18.0 Å². The Kier molecular flexibility index (Phi) is 4.30. The zero-order valence-electron chi connectivity index (χ0n) is 11.6. The summed E-state index contributed by atoms with van der Waals surface area (Å²) in [6.45, 7) is 2.45. The number of rotatable bonds is 3. The van der Waals surface area contributed by atoms with Gasteiger partial charge in [-0.25, -0.2) is 0 Å². The number of amides is 1. The maximum atomic E-state index is 12.4. The van der Waals surface area contributed by atoms with Crippen LogP contribution in [0.2, 0.25) is 5.02 Å².